The molecule has 1 aromatic carbocycles. The monoisotopic (exact) mass is 452 g/mol. The Bertz CT molecular complexity index is 1200. The van der Waals surface area contributed by atoms with Gasteiger partial charge < -0.3 is 14.1 Å². The number of anilines is 1. The number of nitrogens with one attached hydrogen (secondary N) is 1. The van der Waals surface area contributed by atoms with E-state index in [1.807, 2.05) is 43.0 Å². The van der Waals surface area contributed by atoms with E-state index in [-0.39, 0.29) is 17.3 Å². The van der Waals surface area contributed by atoms with Crippen molar-refractivity contribution in [2.45, 2.75) is 33.8 Å². The second kappa shape index (κ2) is 9.04. The number of pyridine rings is 1. The fraction of sp³-hybridized carbons (Fsp3) is 0.304. The van der Waals surface area contributed by atoms with Crippen LogP contribution in [0.4, 0.5) is 10.8 Å². The van der Waals surface area contributed by atoms with E-state index in [1.165, 1.54) is 0 Å². The number of imide groups is 1. The van der Waals surface area contributed by atoms with Crippen LogP contribution in [0.25, 0.3) is 28.4 Å². The molecule has 8 nitrogen and oxygen atoms in total. The first-order valence-corrected chi connectivity index (χ1v) is 11.3. The van der Waals surface area contributed by atoms with Crippen LogP contribution >= 0.6 is 11.8 Å². The van der Waals surface area contributed by atoms with Crippen LogP contribution < -0.4 is 15.0 Å². The fourth-order valence-electron chi connectivity index (χ4n) is 3.34. The topological polar surface area (TPSA) is 97.6 Å². The van der Waals surface area contributed by atoms with E-state index in [4.69, 9.17) is 9.15 Å². The van der Waals surface area contributed by atoms with Crippen molar-refractivity contribution >= 4 is 46.1 Å². The van der Waals surface area contributed by atoms with Gasteiger partial charge in [-0.1, -0.05) is 6.07 Å². The summed E-state index contributed by atoms with van der Waals surface area (Å²) in [6, 6.07) is 8.10. The van der Waals surface area contributed by atoms with Crippen LogP contribution in [0.15, 0.2) is 39.8 Å². The van der Waals surface area contributed by atoms with Gasteiger partial charge in [-0.05, 0) is 69.3 Å². The lowest BCUT2D eigenvalue weighted by Gasteiger charge is -2.14. The van der Waals surface area contributed by atoms with Crippen LogP contribution in [0, 0.1) is 0 Å². The summed E-state index contributed by atoms with van der Waals surface area (Å²) in [7, 11) is 0. The number of hydrogen-bond acceptors (Lipinski definition) is 8. The maximum Gasteiger partial charge on any atom is 0.298 e. The molecule has 0 aliphatic carbocycles. The first-order chi connectivity index (χ1) is 15.4. The maximum absolute atomic E-state index is 11.7. The molecular weight excluding hydrogens is 428 g/mol. The molecule has 1 N–H and O–H groups in total. The molecule has 0 atom stereocenters. The van der Waals surface area contributed by atoms with Gasteiger partial charge in [0.15, 0.2) is 11.3 Å². The lowest BCUT2D eigenvalue weighted by Crippen LogP contribution is -2.21. The fourth-order valence-corrected chi connectivity index (χ4v) is 4.03. The van der Waals surface area contributed by atoms with E-state index in [9.17, 15) is 9.59 Å². The zero-order chi connectivity index (χ0) is 22.8. The van der Waals surface area contributed by atoms with Gasteiger partial charge >= 0.3 is 0 Å². The van der Waals surface area contributed by atoms with E-state index in [0.29, 0.717) is 27.8 Å². The second-order valence-corrected chi connectivity index (χ2v) is 8.50. The molecule has 2 amide bonds. The number of aromatic nitrogens is 2. The zero-order valence-corrected chi connectivity index (χ0v) is 19.2. The number of carbonyl (C=O) groups excluding carboxylic acids is 2. The minimum absolute atomic E-state index is 0.0322. The quantitative estimate of drug-likeness (QED) is 0.508. The molecule has 1 aliphatic rings. The molecule has 0 bridgehead atoms. The first kappa shape index (κ1) is 21.9. The summed E-state index contributed by atoms with van der Waals surface area (Å²) in [6.45, 7) is 9.61. The van der Waals surface area contributed by atoms with Crippen LogP contribution in [0.3, 0.4) is 0 Å². The van der Waals surface area contributed by atoms with Crippen LogP contribution in [0.2, 0.25) is 0 Å². The van der Waals surface area contributed by atoms with E-state index in [2.05, 4.69) is 29.1 Å². The Morgan fingerprint density at radius 3 is 2.59 bits per heavy atom. The molecule has 4 rings (SSSR count). The summed E-state index contributed by atoms with van der Waals surface area (Å²) in [5.41, 5.74) is 3.61. The van der Waals surface area contributed by atoms with E-state index in [0.717, 1.165) is 41.7 Å². The molecule has 1 aliphatic heterocycles. The SMILES string of the molecule is CCN(CC)c1nc2cc(-c3ccc(/C=C4\SC(=O)NC4=O)cn3)cc(OC(C)C)c2o1. The predicted octanol–water partition coefficient (Wildman–Crippen LogP) is 4.85. The highest BCUT2D eigenvalue weighted by Gasteiger charge is 2.25. The number of hydrogen-bond donors (Lipinski definition) is 1. The summed E-state index contributed by atoms with van der Waals surface area (Å²) < 4.78 is 12.1. The molecule has 3 aromatic rings. The third kappa shape index (κ3) is 4.47. The Hall–Kier alpha value is -3.33. The molecule has 1 saturated heterocycles. The first-order valence-electron chi connectivity index (χ1n) is 10.4. The Morgan fingerprint density at radius 1 is 1.22 bits per heavy atom. The highest BCUT2D eigenvalue weighted by Crippen LogP contribution is 2.35. The highest BCUT2D eigenvalue weighted by atomic mass is 32.2. The van der Waals surface area contributed by atoms with Gasteiger partial charge in [0, 0.05) is 24.8 Å². The minimum Gasteiger partial charge on any atom is -0.487 e. The number of ether oxygens (including phenoxy) is 1. The van der Waals surface area contributed by atoms with Crippen molar-refractivity contribution in [3.63, 3.8) is 0 Å². The van der Waals surface area contributed by atoms with Gasteiger partial charge in [0.05, 0.1) is 16.7 Å². The Labute approximate surface area is 190 Å². The molecule has 0 saturated carbocycles. The van der Waals surface area contributed by atoms with Crippen LogP contribution in [-0.2, 0) is 4.79 Å². The smallest absolute Gasteiger partial charge is 0.298 e. The number of oxazole rings is 1. The standard InChI is InChI=1S/C23H24N4O4S/c1-5-27(6-2)22-25-17-10-15(11-18(20(17)31-22)30-13(3)4)16-8-7-14(12-24-16)9-19-21(28)26-23(29)32-19/h7-13H,5-6H2,1-4H3,(H,26,28,29)/b19-9-. The van der Waals surface area contributed by atoms with Gasteiger partial charge in [0.1, 0.15) is 5.52 Å². The maximum atomic E-state index is 11.7. The number of amides is 2. The number of fused-ring (bicyclic) bond motifs is 1. The predicted molar refractivity (Wildman–Crippen MR) is 126 cm³/mol. The van der Waals surface area contributed by atoms with Crippen LogP contribution in [0.1, 0.15) is 33.3 Å². The summed E-state index contributed by atoms with van der Waals surface area (Å²) >= 11 is 0.881. The Morgan fingerprint density at radius 2 is 2.00 bits per heavy atom. The largest absolute Gasteiger partial charge is 0.487 e. The van der Waals surface area contributed by atoms with Crippen molar-refractivity contribution in [2.24, 2.45) is 0 Å². The molecule has 1 fully saturated rings. The molecular formula is C23H24N4O4S. The number of thioether (sulfide) groups is 1. The normalized spacial score (nSPS) is 15.1. The number of carbonyl (C=O) groups is 2. The van der Waals surface area contributed by atoms with Crippen molar-refractivity contribution in [2.75, 3.05) is 18.0 Å². The third-order valence-corrected chi connectivity index (χ3v) is 5.67. The van der Waals surface area contributed by atoms with Gasteiger partial charge in [-0.3, -0.25) is 19.9 Å². The van der Waals surface area contributed by atoms with Crippen molar-refractivity contribution in [3.8, 4) is 17.0 Å². The van der Waals surface area contributed by atoms with Gasteiger partial charge in [0.25, 0.3) is 17.2 Å². The Kier molecular flexibility index (Phi) is 6.18. The van der Waals surface area contributed by atoms with Crippen molar-refractivity contribution in [1.29, 1.82) is 0 Å². The zero-order valence-electron chi connectivity index (χ0n) is 18.3. The van der Waals surface area contributed by atoms with Crippen LogP contribution in [0.5, 0.6) is 5.75 Å². The molecule has 0 unspecified atom stereocenters. The summed E-state index contributed by atoms with van der Waals surface area (Å²) in [5, 5.41) is 1.88. The van der Waals surface area contributed by atoms with Crippen molar-refractivity contribution in [1.82, 2.24) is 15.3 Å². The highest BCUT2D eigenvalue weighted by molar-refractivity contribution is 8.18. The van der Waals surface area contributed by atoms with Gasteiger partial charge in [-0.15, -0.1) is 0 Å². The second-order valence-electron chi connectivity index (χ2n) is 7.49. The third-order valence-electron chi connectivity index (χ3n) is 4.86. The van der Waals surface area contributed by atoms with Gasteiger partial charge in [-0.25, -0.2) is 0 Å². The van der Waals surface area contributed by atoms with E-state index >= 15 is 0 Å². The number of nitrogens with zero attached hydrogens (tertiary/aromatic N) is 3. The molecule has 166 valence electrons. The van der Waals surface area contributed by atoms with Gasteiger partial charge in [-0.2, -0.15) is 4.98 Å². The summed E-state index contributed by atoms with van der Waals surface area (Å²) in [5.74, 6) is 0.226. The van der Waals surface area contributed by atoms with Crippen molar-refractivity contribution in [3.05, 3.63) is 40.9 Å². The van der Waals surface area contributed by atoms with Gasteiger partial charge in [0.2, 0.25) is 0 Å². The molecule has 9 heteroatoms. The molecule has 3 heterocycles. The minimum atomic E-state index is -0.389. The number of benzene rings is 1. The lowest BCUT2D eigenvalue weighted by molar-refractivity contribution is -0.115. The molecule has 0 spiro atoms. The summed E-state index contributed by atoms with van der Waals surface area (Å²) in [4.78, 5) is 34.7. The summed E-state index contributed by atoms with van der Waals surface area (Å²) in [6.07, 6.45) is 3.28. The van der Waals surface area contributed by atoms with E-state index < -0.39 is 0 Å². The Balaban J connectivity index is 1.71. The molecule has 2 aromatic heterocycles. The van der Waals surface area contributed by atoms with Crippen LogP contribution in [-0.4, -0.2) is 40.3 Å². The number of rotatable bonds is 7. The lowest BCUT2D eigenvalue weighted by atomic mass is 10.1. The average molecular weight is 453 g/mol. The molecule has 0 radical (unpaired) electrons. The average Bonchev–Trinajstić information content (AvgIpc) is 3.31. The van der Waals surface area contributed by atoms with E-state index in [1.54, 1.807) is 12.3 Å². The van der Waals surface area contributed by atoms with Crippen molar-refractivity contribution < 1.29 is 18.7 Å². The molecule has 32 heavy (non-hydrogen) atoms.